The van der Waals surface area contributed by atoms with E-state index in [4.69, 9.17) is 5.73 Å². The molecule has 1 fully saturated rings. The van der Waals surface area contributed by atoms with Crippen LogP contribution in [0, 0.1) is 11.3 Å². The lowest BCUT2D eigenvalue weighted by Crippen LogP contribution is -2.30. The Labute approximate surface area is 110 Å². The predicted molar refractivity (Wildman–Crippen MR) is 75.4 cm³/mol. The van der Waals surface area contributed by atoms with Crippen LogP contribution in [-0.2, 0) is 0 Å². The van der Waals surface area contributed by atoms with Crippen LogP contribution in [0.2, 0.25) is 0 Å². The Hall–Kier alpha value is -1.06. The molecule has 1 aliphatic rings. The minimum Gasteiger partial charge on any atom is -0.350 e. The number of nitrogens with two attached hydrogens (primary N) is 1. The summed E-state index contributed by atoms with van der Waals surface area (Å²) in [6, 6.07) is -0.587. The minimum absolute atomic E-state index is 0.388. The maximum atomic E-state index is 10.7. The van der Waals surface area contributed by atoms with Crippen LogP contribution in [0.3, 0.4) is 0 Å². The molecule has 0 aliphatic heterocycles. The molecular weight excluding hydrogens is 226 g/mol. The van der Waals surface area contributed by atoms with Gasteiger partial charge < -0.3 is 5.73 Å². The fraction of sp³-hybridized carbons (Fsp3) is 0.857. The van der Waals surface area contributed by atoms with Crippen LogP contribution in [-0.4, -0.2) is 11.7 Å². The van der Waals surface area contributed by atoms with Crippen molar-refractivity contribution in [1.29, 1.82) is 0 Å². The van der Waals surface area contributed by atoms with Crippen molar-refractivity contribution in [3.05, 3.63) is 0 Å². The highest BCUT2D eigenvalue weighted by atomic mass is 16.2. The largest absolute Gasteiger partial charge is 0.350 e. The number of primary amides is 1. The van der Waals surface area contributed by atoms with Gasteiger partial charge in [0.1, 0.15) is 0 Å². The van der Waals surface area contributed by atoms with Crippen LogP contribution in [0.25, 0.3) is 0 Å². The van der Waals surface area contributed by atoms with Crippen molar-refractivity contribution in [3.63, 3.8) is 0 Å². The topological polar surface area (TPSA) is 67.5 Å². The number of rotatable bonds is 5. The smallest absolute Gasteiger partial charge is 0.332 e. The first-order chi connectivity index (χ1) is 8.43. The van der Waals surface area contributed by atoms with Gasteiger partial charge in [0.25, 0.3) is 0 Å². The Kier molecular flexibility index (Phi) is 5.63. The third-order valence-corrected chi connectivity index (χ3v) is 3.74. The molecule has 0 radical (unpaired) electrons. The fourth-order valence-electron chi connectivity index (χ4n) is 3.35. The van der Waals surface area contributed by atoms with Gasteiger partial charge >= 0.3 is 6.03 Å². The standard InChI is InChI=1S/C14H27N3O/c1-11(2)9-14(7-5-4-6-8-14)10-12(3)16-17-13(15)18/h11H,4-10H2,1-3H3,(H3,15,17,18)/b16-12-. The zero-order chi connectivity index (χ0) is 13.6. The summed E-state index contributed by atoms with van der Waals surface area (Å²) in [6.07, 6.45) is 8.80. The van der Waals surface area contributed by atoms with E-state index in [1.807, 2.05) is 6.92 Å². The van der Waals surface area contributed by atoms with Gasteiger partial charge in [-0.1, -0.05) is 33.1 Å². The molecule has 1 aliphatic carbocycles. The Bertz CT molecular complexity index is 304. The molecule has 3 N–H and O–H groups in total. The maximum absolute atomic E-state index is 10.7. The van der Waals surface area contributed by atoms with Crippen LogP contribution in [0.5, 0.6) is 0 Å². The number of hydrazone groups is 1. The lowest BCUT2D eigenvalue weighted by atomic mass is 9.67. The number of hydrogen-bond acceptors (Lipinski definition) is 2. The second kappa shape index (κ2) is 6.76. The molecule has 1 saturated carbocycles. The second-order valence-corrected chi connectivity index (χ2v) is 6.16. The third-order valence-electron chi connectivity index (χ3n) is 3.74. The summed E-state index contributed by atoms with van der Waals surface area (Å²) in [4.78, 5) is 10.7. The van der Waals surface area contributed by atoms with Crippen LogP contribution in [0.15, 0.2) is 5.10 Å². The molecule has 0 unspecified atom stereocenters. The molecule has 0 bridgehead atoms. The van der Waals surface area contributed by atoms with E-state index in [1.165, 1.54) is 38.5 Å². The van der Waals surface area contributed by atoms with E-state index < -0.39 is 6.03 Å². The molecule has 0 aromatic heterocycles. The molecule has 104 valence electrons. The Balaban J connectivity index is 2.65. The van der Waals surface area contributed by atoms with Crippen molar-refractivity contribution in [2.75, 3.05) is 0 Å². The Morgan fingerprint density at radius 3 is 2.44 bits per heavy atom. The van der Waals surface area contributed by atoms with Crippen molar-refractivity contribution in [1.82, 2.24) is 5.43 Å². The van der Waals surface area contributed by atoms with Gasteiger partial charge in [-0.3, -0.25) is 0 Å². The van der Waals surface area contributed by atoms with Gasteiger partial charge in [0.2, 0.25) is 0 Å². The van der Waals surface area contributed by atoms with E-state index in [1.54, 1.807) is 0 Å². The van der Waals surface area contributed by atoms with Gasteiger partial charge in [-0.15, -0.1) is 0 Å². The van der Waals surface area contributed by atoms with E-state index in [0.29, 0.717) is 11.3 Å². The van der Waals surface area contributed by atoms with E-state index in [2.05, 4.69) is 24.4 Å². The van der Waals surface area contributed by atoms with Crippen molar-refractivity contribution in [2.24, 2.45) is 22.2 Å². The van der Waals surface area contributed by atoms with Crippen molar-refractivity contribution >= 4 is 11.7 Å². The molecule has 18 heavy (non-hydrogen) atoms. The SMILES string of the molecule is C/C(CC1(CC(C)C)CCCCC1)=N/NC(N)=O. The van der Waals surface area contributed by atoms with E-state index >= 15 is 0 Å². The normalized spacial score (nSPS) is 19.9. The van der Waals surface area contributed by atoms with E-state index in [-0.39, 0.29) is 0 Å². The van der Waals surface area contributed by atoms with E-state index in [0.717, 1.165) is 12.1 Å². The molecular formula is C14H27N3O. The average molecular weight is 253 g/mol. The molecule has 0 aromatic rings. The van der Waals surface area contributed by atoms with Crippen LogP contribution >= 0.6 is 0 Å². The summed E-state index contributed by atoms with van der Waals surface area (Å²) in [6.45, 7) is 6.54. The average Bonchev–Trinajstić information content (AvgIpc) is 2.26. The van der Waals surface area contributed by atoms with Crippen LogP contribution in [0.4, 0.5) is 4.79 Å². The molecule has 2 amide bonds. The molecule has 1 rings (SSSR count). The zero-order valence-corrected chi connectivity index (χ0v) is 12.0. The Morgan fingerprint density at radius 2 is 1.94 bits per heavy atom. The lowest BCUT2D eigenvalue weighted by molar-refractivity contribution is 0.158. The predicted octanol–water partition coefficient (Wildman–Crippen LogP) is 3.42. The highest BCUT2D eigenvalue weighted by Crippen LogP contribution is 2.44. The van der Waals surface area contributed by atoms with Crippen LogP contribution < -0.4 is 11.2 Å². The lowest BCUT2D eigenvalue weighted by Gasteiger charge is -2.39. The highest BCUT2D eigenvalue weighted by molar-refractivity contribution is 5.84. The van der Waals surface area contributed by atoms with E-state index in [9.17, 15) is 4.79 Å². The fourth-order valence-corrected chi connectivity index (χ4v) is 3.35. The van der Waals surface area contributed by atoms with Gasteiger partial charge in [0, 0.05) is 5.71 Å². The molecule has 4 heteroatoms. The number of hydrogen-bond donors (Lipinski definition) is 2. The van der Waals surface area contributed by atoms with Crippen molar-refractivity contribution < 1.29 is 4.79 Å². The number of carbonyl (C=O) groups is 1. The molecule has 0 atom stereocenters. The molecule has 0 spiro atoms. The summed E-state index contributed by atoms with van der Waals surface area (Å²) < 4.78 is 0. The van der Waals surface area contributed by atoms with Crippen molar-refractivity contribution in [3.8, 4) is 0 Å². The maximum Gasteiger partial charge on any atom is 0.332 e. The molecule has 0 saturated heterocycles. The molecule has 4 nitrogen and oxygen atoms in total. The summed E-state index contributed by atoms with van der Waals surface area (Å²) in [7, 11) is 0. The number of carbonyl (C=O) groups excluding carboxylic acids is 1. The van der Waals surface area contributed by atoms with Gasteiger partial charge in [-0.25, -0.2) is 10.2 Å². The first-order valence-electron chi connectivity index (χ1n) is 7.02. The quantitative estimate of drug-likeness (QED) is 0.572. The van der Waals surface area contributed by atoms with Crippen molar-refractivity contribution in [2.45, 2.75) is 65.7 Å². The Morgan fingerprint density at radius 1 is 1.33 bits per heavy atom. The third kappa shape index (κ3) is 5.07. The van der Waals surface area contributed by atoms with Gasteiger partial charge in [0.05, 0.1) is 0 Å². The molecule has 0 aromatic carbocycles. The second-order valence-electron chi connectivity index (χ2n) is 6.16. The number of urea groups is 1. The zero-order valence-electron chi connectivity index (χ0n) is 12.0. The van der Waals surface area contributed by atoms with Gasteiger partial charge in [-0.05, 0) is 43.9 Å². The summed E-state index contributed by atoms with van der Waals surface area (Å²) >= 11 is 0. The van der Waals surface area contributed by atoms with Gasteiger partial charge in [-0.2, -0.15) is 5.10 Å². The number of nitrogens with zero attached hydrogens (tertiary/aromatic N) is 1. The van der Waals surface area contributed by atoms with Gasteiger partial charge in [0.15, 0.2) is 0 Å². The first-order valence-corrected chi connectivity index (χ1v) is 7.02. The summed E-state index contributed by atoms with van der Waals surface area (Å²) in [5.74, 6) is 0.708. The minimum atomic E-state index is -0.587. The first kappa shape index (κ1) is 15.0. The van der Waals surface area contributed by atoms with Crippen LogP contribution in [0.1, 0.15) is 65.7 Å². The molecule has 0 heterocycles. The number of nitrogens with one attached hydrogen (secondary N) is 1. The number of amides is 2. The summed E-state index contributed by atoms with van der Waals surface area (Å²) in [5, 5.41) is 4.06. The monoisotopic (exact) mass is 253 g/mol. The highest BCUT2D eigenvalue weighted by Gasteiger charge is 2.33. The summed E-state index contributed by atoms with van der Waals surface area (Å²) in [5.41, 5.74) is 8.73.